The molecular weight excluding hydrogens is 374 g/mol. The molecule has 0 aliphatic carbocycles. The van der Waals surface area contributed by atoms with Gasteiger partial charge in [0.25, 0.3) is 5.91 Å². The largest absolute Gasteiger partial charge is 0.340 e. The average molecular weight is 398 g/mol. The van der Waals surface area contributed by atoms with Gasteiger partial charge >= 0.3 is 6.03 Å². The van der Waals surface area contributed by atoms with E-state index in [-0.39, 0.29) is 12.5 Å². The van der Waals surface area contributed by atoms with Crippen molar-refractivity contribution >= 4 is 29.6 Å². The number of nitrogens with zero attached hydrogens (tertiary/aromatic N) is 2. The molecule has 0 radical (unpaired) electrons. The Labute approximate surface area is 168 Å². The summed E-state index contributed by atoms with van der Waals surface area (Å²) in [5.41, 5.74) is 0.510. The predicted molar refractivity (Wildman–Crippen MR) is 109 cm³/mol. The third-order valence-corrected chi connectivity index (χ3v) is 5.67. The second-order valence-electron chi connectivity index (χ2n) is 6.91. The number of rotatable bonds is 6. The molecule has 0 unspecified atom stereocenters. The van der Waals surface area contributed by atoms with E-state index >= 15 is 0 Å². The minimum absolute atomic E-state index is 0.285. The molecule has 7 heteroatoms. The molecule has 0 bridgehead atoms. The molecule has 4 amide bonds. The minimum Gasteiger partial charge on any atom is -0.340 e. The van der Waals surface area contributed by atoms with Crippen molar-refractivity contribution in [1.82, 2.24) is 15.1 Å². The molecule has 1 atom stereocenters. The summed E-state index contributed by atoms with van der Waals surface area (Å²) in [6.45, 7) is 1.78. The molecule has 0 spiro atoms. The molecule has 0 aromatic heterocycles. The van der Waals surface area contributed by atoms with E-state index in [1.165, 1.54) is 4.90 Å². The van der Waals surface area contributed by atoms with E-state index < -0.39 is 17.5 Å². The molecule has 2 aromatic carbocycles. The molecule has 28 heavy (non-hydrogen) atoms. The Balaban J connectivity index is 1.67. The quantitative estimate of drug-likeness (QED) is 0.601. The zero-order valence-corrected chi connectivity index (χ0v) is 17.0. The molecule has 6 nitrogen and oxygen atoms in total. The molecule has 3 rings (SSSR count). The van der Waals surface area contributed by atoms with Crippen LogP contribution in [0.4, 0.5) is 4.79 Å². The van der Waals surface area contributed by atoms with Crippen molar-refractivity contribution in [2.24, 2.45) is 0 Å². The Morgan fingerprint density at radius 2 is 1.75 bits per heavy atom. The zero-order valence-electron chi connectivity index (χ0n) is 16.1. The molecule has 1 heterocycles. The van der Waals surface area contributed by atoms with Gasteiger partial charge in [-0.15, -0.1) is 11.8 Å². The van der Waals surface area contributed by atoms with Crippen molar-refractivity contribution in [3.8, 4) is 0 Å². The molecule has 1 aliphatic heterocycles. The number of nitrogens with one attached hydrogen (secondary N) is 1. The topological polar surface area (TPSA) is 69.7 Å². The van der Waals surface area contributed by atoms with Gasteiger partial charge in [-0.3, -0.25) is 14.5 Å². The first-order chi connectivity index (χ1) is 13.3. The first-order valence-corrected chi connectivity index (χ1v) is 10.1. The average Bonchev–Trinajstić information content (AvgIpc) is 2.93. The highest BCUT2D eigenvalue weighted by Gasteiger charge is 2.49. The van der Waals surface area contributed by atoms with E-state index in [2.05, 4.69) is 5.32 Å². The lowest BCUT2D eigenvalue weighted by molar-refractivity contribution is -0.138. The van der Waals surface area contributed by atoms with E-state index in [4.69, 9.17) is 0 Å². The number of hydrogen-bond donors (Lipinski definition) is 1. The molecule has 1 fully saturated rings. The van der Waals surface area contributed by atoms with Crippen molar-refractivity contribution in [2.75, 3.05) is 19.8 Å². The third kappa shape index (κ3) is 3.89. The van der Waals surface area contributed by atoms with Crippen molar-refractivity contribution in [1.29, 1.82) is 0 Å². The molecule has 146 valence electrons. The number of carbonyl (C=O) groups is 3. The maximum absolute atomic E-state index is 12.9. The summed E-state index contributed by atoms with van der Waals surface area (Å²) in [5, 5.41) is 2.72. The number of thioether (sulfide) groups is 1. The first-order valence-electron chi connectivity index (χ1n) is 8.91. The number of imide groups is 1. The normalized spacial score (nSPS) is 18.9. The number of carbonyl (C=O) groups excluding carboxylic acids is 3. The van der Waals surface area contributed by atoms with Crippen LogP contribution in [-0.2, 0) is 21.7 Å². The Bertz CT molecular complexity index is 886. The van der Waals surface area contributed by atoms with Gasteiger partial charge in [0.1, 0.15) is 12.1 Å². The second kappa shape index (κ2) is 8.06. The summed E-state index contributed by atoms with van der Waals surface area (Å²) in [6.07, 6.45) is 2.01. The monoisotopic (exact) mass is 397 g/mol. The number of amides is 4. The molecule has 2 aromatic rings. The van der Waals surface area contributed by atoms with Crippen molar-refractivity contribution < 1.29 is 14.4 Å². The standard InChI is InChI=1S/C21H23N3O3S/c1-21(16-7-5-4-6-8-16)19(26)24(20(27)22-21)14-18(25)23(2)13-15-9-11-17(28-3)12-10-15/h4-12H,13-14H2,1-3H3,(H,22,27)/t21-/m1/s1. The van der Waals surface area contributed by atoms with Crippen LogP contribution in [0.2, 0.25) is 0 Å². The van der Waals surface area contributed by atoms with Crippen LogP contribution in [0.1, 0.15) is 18.1 Å². The highest BCUT2D eigenvalue weighted by molar-refractivity contribution is 7.98. The van der Waals surface area contributed by atoms with Gasteiger partial charge in [0, 0.05) is 18.5 Å². The number of benzene rings is 2. The van der Waals surface area contributed by atoms with E-state index in [0.29, 0.717) is 12.1 Å². The van der Waals surface area contributed by atoms with Gasteiger partial charge in [-0.2, -0.15) is 0 Å². The maximum Gasteiger partial charge on any atom is 0.325 e. The number of likely N-dealkylation sites (N-methyl/N-ethyl adjacent to an activating group) is 1. The lowest BCUT2D eigenvalue weighted by atomic mass is 9.92. The van der Waals surface area contributed by atoms with Crippen LogP contribution in [-0.4, -0.2) is 47.5 Å². The Morgan fingerprint density at radius 3 is 2.36 bits per heavy atom. The lowest BCUT2D eigenvalue weighted by Gasteiger charge is -2.23. The van der Waals surface area contributed by atoms with Crippen LogP contribution in [0.25, 0.3) is 0 Å². The Hall–Kier alpha value is -2.80. The van der Waals surface area contributed by atoms with Crippen molar-refractivity contribution in [2.45, 2.75) is 23.9 Å². The van der Waals surface area contributed by atoms with Gasteiger partial charge in [-0.05, 0) is 36.4 Å². The molecule has 1 saturated heterocycles. The molecular formula is C21H23N3O3S. The minimum atomic E-state index is -1.16. The SMILES string of the molecule is CSc1ccc(CN(C)C(=O)CN2C(=O)N[C@](C)(c3ccccc3)C2=O)cc1. The number of urea groups is 1. The summed E-state index contributed by atoms with van der Waals surface area (Å²) in [6, 6.07) is 16.4. The lowest BCUT2D eigenvalue weighted by Crippen LogP contribution is -2.43. The summed E-state index contributed by atoms with van der Waals surface area (Å²) in [7, 11) is 1.67. The van der Waals surface area contributed by atoms with E-state index in [1.807, 2.05) is 48.7 Å². The predicted octanol–water partition coefficient (Wildman–Crippen LogP) is 2.83. The highest BCUT2D eigenvalue weighted by atomic mass is 32.2. The zero-order chi connectivity index (χ0) is 20.3. The first kappa shape index (κ1) is 19.9. The maximum atomic E-state index is 12.9. The smallest absolute Gasteiger partial charge is 0.325 e. The third-order valence-electron chi connectivity index (χ3n) is 4.92. The molecule has 1 N–H and O–H groups in total. The summed E-state index contributed by atoms with van der Waals surface area (Å²) < 4.78 is 0. The van der Waals surface area contributed by atoms with Crippen molar-refractivity contribution in [3.63, 3.8) is 0 Å². The Kier molecular flexibility index (Phi) is 5.74. The van der Waals surface area contributed by atoms with Crippen LogP contribution in [0.15, 0.2) is 59.5 Å². The van der Waals surface area contributed by atoms with Crippen LogP contribution in [0.5, 0.6) is 0 Å². The van der Waals surface area contributed by atoms with Crippen molar-refractivity contribution in [3.05, 3.63) is 65.7 Å². The van der Waals surface area contributed by atoms with E-state index in [0.717, 1.165) is 15.4 Å². The van der Waals surface area contributed by atoms with Gasteiger partial charge < -0.3 is 10.2 Å². The van der Waals surface area contributed by atoms with E-state index in [9.17, 15) is 14.4 Å². The summed E-state index contributed by atoms with van der Waals surface area (Å²) >= 11 is 1.65. The fraction of sp³-hybridized carbons (Fsp3) is 0.286. The van der Waals surface area contributed by atoms with Gasteiger partial charge in [0.15, 0.2) is 0 Å². The van der Waals surface area contributed by atoms with E-state index in [1.54, 1.807) is 37.9 Å². The highest BCUT2D eigenvalue weighted by Crippen LogP contribution is 2.28. The van der Waals surface area contributed by atoms with Gasteiger partial charge in [0.2, 0.25) is 5.91 Å². The van der Waals surface area contributed by atoms with Crippen LogP contribution in [0.3, 0.4) is 0 Å². The van der Waals surface area contributed by atoms with Gasteiger partial charge in [-0.1, -0.05) is 42.5 Å². The fourth-order valence-corrected chi connectivity index (χ4v) is 3.56. The van der Waals surface area contributed by atoms with Gasteiger partial charge in [0.05, 0.1) is 0 Å². The van der Waals surface area contributed by atoms with Crippen LogP contribution >= 0.6 is 11.8 Å². The van der Waals surface area contributed by atoms with Gasteiger partial charge in [-0.25, -0.2) is 4.79 Å². The fourth-order valence-electron chi connectivity index (χ4n) is 3.16. The molecule has 0 saturated carbocycles. The summed E-state index contributed by atoms with van der Waals surface area (Å²) in [4.78, 5) is 41.5. The number of hydrogen-bond acceptors (Lipinski definition) is 4. The molecule has 1 aliphatic rings. The Morgan fingerprint density at radius 1 is 1.11 bits per heavy atom. The van der Waals surface area contributed by atoms with Crippen LogP contribution < -0.4 is 5.32 Å². The second-order valence-corrected chi connectivity index (χ2v) is 7.79. The summed E-state index contributed by atoms with van der Waals surface area (Å²) in [5.74, 6) is -0.718. The van der Waals surface area contributed by atoms with Crippen LogP contribution in [0, 0.1) is 0 Å².